The fourth-order valence-electron chi connectivity index (χ4n) is 2.46. The first-order valence-electron chi connectivity index (χ1n) is 7.54. The van der Waals surface area contributed by atoms with Crippen LogP contribution in [0, 0.1) is 13.8 Å². The predicted octanol–water partition coefficient (Wildman–Crippen LogP) is 4.93. The van der Waals surface area contributed by atoms with Gasteiger partial charge in [0.1, 0.15) is 5.82 Å². The number of hydrogen-bond acceptors (Lipinski definition) is 3. The minimum absolute atomic E-state index is 0.313. The Labute approximate surface area is 136 Å². The van der Waals surface area contributed by atoms with Crippen molar-refractivity contribution in [2.24, 2.45) is 0 Å². The van der Waals surface area contributed by atoms with Gasteiger partial charge in [0.25, 0.3) is 0 Å². The number of H-pyrrole nitrogens is 1. The Morgan fingerprint density at radius 2 is 2.19 bits per heavy atom. The number of thiophene rings is 1. The van der Waals surface area contributed by atoms with E-state index in [1.54, 1.807) is 0 Å². The molecule has 0 aliphatic rings. The van der Waals surface area contributed by atoms with Crippen molar-refractivity contribution in [3.05, 3.63) is 38.1 Å². The van der Waals surface area contributed by atoms with Crippen molar-refractivity contribution in [1.29, 1.82) is 0 Å². The van der Waals surface area contributed by atoms with E-state index in [4.69, 9.17) is 11.6 Å². The maximum atomic E-state index is 6.21. The Kier molecular flexibility index (Phi) is 5.85. The van der Waals surface area contributed by atoms with Crippen LogP contribution < -0.4 is 5.32 Å². The van der Waals surface area contributed by atoms with E-state index in [2.05, 4.69) is 49.0 Å². The first kappa shape index (κ1) is 16.5. The van der Waals surface area contributed by atoms with E-state index in [1.165, 1.54) is 21.7 Å². The van der Waals surface area contributed by atoms with Gasteiger partial charge in [0.2, 0.25) is 0 Å². The van der Waals surface area contributed by atoms with Crippen LogP contribution in [0.4, 0.5) is 0 Å². The van der Waals surface area contributed by atoms with Crippen LogP contribution in [0.3, 0.4) is 0 Å². The maximum Gasteiger partial charge on any atom is 0.151 e. The van der Waals surface area contributed by atoms with Gasteiger partial charge in [0.05, 0.1) is 5.69 Å². The zero-order valence-corrected chi connectivity index (χ0v) is 14.8. The second kappa shape index (κ2) is 7.43. The third-order valence-corrected chi connectivity index (χ3v) is 4.97. The standard InChI is InChI=1S/C16H24ClN3S/c1-5-6-7-15-19-14(16(17)20-15)9-18-11(3)13-8-10(2)21-12(13)4/h8,11,18H,5-7,9H2,1-4H3,(H,19,20). The summed E-state index contributed by atoms with van der Waals surface area (Å²) in [7, 11) is 0. The topological polar surface area (TPSA) is 40.7 Å². The lowest BCUT2D eigenvalue weighted by molar-refractivity contribution is 0.567. The largest absolute Gasteiger partial charge is 0.344 e. The van der Waals surface area contributed by atoms with Gasteiger partial charge in [-0.1, -0.05) is 24.9 Å². The number of aromatic nitrogens is 2. The molecule has 3 nitrogen and oxygen atoms in total. The van der Waals surface area contributed by atoms with Crippen molar-refractivity contribution in [3.63, 3.8) is 0 Å². The number of imidazole rings is 1. The molecule has 0 saturated heterocycles. The van der Waals surface area contributed by atoms with Gasteiger partial charge in [-0.15, -0.1) is 11.3 Å². The maximum absolute atomic E-state index is 6.21. The van der Waals surface area contributed by atoms with Gasteiger partial charge in [-0.3, -0.25) is 0 Å². The number of unbranched alkanes of at least 4 members (excludes halogenated alkanes) is 1. The molecule has 2 N–H and O–H groups in total. The molecule has 0 aromatic carbocycles. The summed E-state index contributed by atoms with van der Waals surface area (Å²) < 4.78 is 0. The molecule has 21 heavy (non-hydrogen) atoms. The van der Waals surface area contributed by atoms with Crippen LogP contribution in [0.25, 0.3) is 0 Å². The van der Waals surface area contributed by atoms with E-state index in [9.17, 15) is 0 Å². The molecule has 0 aliphatic carbocycles. The van der Waals surface area contributed by atoms with Gasteiger partial charge < -0.3 is 10.3 Å². The van der Waals surface area contributed by atoms with Crippen molar-refractivity contribution in [2.45, 2.75) is 59.5 Å². The summed E-state index contributed by atoms with van der Waals surface area (Å²) in [5.41, 5.74) is 2.36. The average molecular weight is 326 g/mol. The van der Waals surface area contributed by atoms with E-state index < -0.39 is 0 Å². The number of aromatic amines is 1. The van der Waals surface area contributed by atoms with Crippen molar-refractivity contribution in [3.8, 4) is 0 Å². The van der Waals surface area contributed by atoms with E-state index in [1.807, 2.05) is 11.3 Å². The van der Waals surface area contributed by atoms with Crippen LogP contribution in [0.5, 0.6) is 0 Å². The SMILES string of the molecule is CCCCc1nc(Cl)c(CNC(C)c2cc(C)sc2C)[nH]1. The molecule has 0 fully saturated rings. The van der Waals surface area contributed by atoms with Gasteiger partial charge in [-0.05, 0) is 38.8 Å². The molecule has 0 radical (unpaired) electrons. The highest BCUT2D eigenvalue weighted by molar-refractivity contribution is 7.12. The van der Waals surface area contributed by atoms with Crippen LogP contribution in [-0.2, 0) is 13.0 Å². The molecule has 1 atom stereocenters. The Bertz CT molecular complexity index is 588. The number of nitrogens with one attached hydrogen (secondary N) is 2. The minimum Gasteiger partial charge on any atom is -0.344 e. The van der Waals surface area contributed by atoms with Crippen LogP contribution in [0.1, 0.15) is 59.6 Å². The summed E-state index contributed by atoms with van der Waals surface area (Å²) in [4.78, 5) is 10.5. The monoisotopic (exact) mass is 325 g/mol. The Balaban J connectivity index is 1.96. The summed E-state index contributed by atoms with van der Waals surface area (Å²) in [6.45, 7) is 9.42. The van der Waals surface area contributed by atoms with Gasteiger partial charge in [-0.2, -0.15) is 0 Å². The lowest BCUT2D eigenvalue weighted by atomic mass is 10.1. The van der Waals surface area contributed by atoms with Crippen molar-refractivity contribution >= 4 is 22.9 Å². The number of halogens is 1. The molecule has 0 spiro atoms. The summed E-state index contributed by atoms with van der Waals surface area (Å²) in [5.74, 6) is 0.994. The number of hydrogen-bond donors (Lipinski definition) is 2. The molecule has 0 bridgehead atoms. The minimum atomic E-state index is 0.313. The van der Waals surface area contributed by atoms with E-state index in [0.29, 0.717) is 17.7 Å². The molecule has 2 aromatic rings. The predicted molar refractivity (Wildman–Crippen MR) is 91.3 cm³/mol. The summed E-state index contributed by atoms with van der Waals surface area (Å²) in [6.07, 6.45) is 3.27. The summed E-state index contributed by atoms with van der Waals surface area (Å²) in [6, 6.07) is 2.58. The second-order valence-electron chi connectivity index (χ2n) is 5.53. The lowest BCUT2D eigenvalue weighted by Crippen LogP contribution is -2.18. The first-order valence-corrected chi connectivity index (χ1v) is 8.74. The molecule has 5 heteroatoms. The van der Waals surface area contributed by atoms with E-state index in [-0.39, 0.29) is 0 Å². The van der Waals surface area contributed by atoms with Crippen LogP contribution in [0.2, 0.25) is 5.15 Å². The van der Waals surface area contributed by atoms with Crippen LogP contribution in [-0.4, -0.2) is 9.97 Å². The lowest BCUT2D eigenvalue weighted by Gasteiger charge is -2.13. The molecule has 2 rings (SSSR count). The number of nitrogens with zero attached hydrogens (tertiary/aromatic N) is 1. The van der Waals surface area contributed by atoms with Crippen molar-refractivity contribution in [2.75, 3.05) is 0 Å². The van der Waals surface area contributed by atoms with Crippen molar-refractivity contribution < 1.29 is 0 Å². The number of aryl methyl sites for hydroxylation is 3. The molecule has 2 aromatic heterocycles. The van der Waals surface area contributed by atoms with E-state index in [0.717, 1.165) is 24.4 Å². The quantitative estimate of drug-likeness (QED) is 0.757. The fraction of sp³-hybridized carbons (Fsp3) is 0.562. The highest BCUT2D eigenvalue weighted by Crippen LogP contribution is 2.26. The van der Waals surface area contributed by atoms with Crippen LogP contribution >= 0.6 is 22.9 Å². The van der Waals surface area contributed by atoms with Gasteiger partial charge >= 0.3 is 0 Å². The molecule has 0 amide bonds. The normalized spacial score (nSPS) is 12.8. The Morgan fingerprint density at radius 1 is 1.43 bits per heavy atom. The zero-order chi connectivity index (χ0) is 15.4. The molecule has 0 aliphatic heterocycles. The summed E-state index contributed by atoms with van der Waals surface area (Å²) >= 11 is 8.06. The molecular weight excluding hydrogens is 302 g/mol. The van der Waals surface area contributed by atoms with Crippen molar-refractivity contribution in [1.82, 2.24) is 15.3 Å². The third-order valence-electron chi connectivity index (χ3n) is 3.68. The molecule has 116 valence electrons. The Morgan fingerprint density at radius 3 is 2.81 bits per heavy atom. The van der Waals surface area contributed by atoms with Gasteiger partial charge in [0, 0.05) is 28.8 Å². The van der Waals surface area contributed by atoms with E-state index >= 15 is 0 Å². The fourth-order valence-corrected chi connectivity index (χ4v) is 3.70. The molecule has 1 unspecified atom stereocenters. The second-order valence-corrected chi connectivity index (χ2v) is 7.35. The molecule has 0 saturated carbocycles. The zero-order valence-electron chi connectivity index (χ0n) is 13.2. The highest BCUT2D eigenvalue weighted by Gasteiger charge is 2.13. The highest BCUT2D eigenvalue weighted by atomic mass is 35.5. The molecular formula is C16H24ClN3S. The Hall–Kier alpha value is -0.840. The summed E-state index contributed by atoms with van der Waals surface area (Å²) in [5, 5.41) is 4.13. The average Bonchev–Trinajstić information content (AvgIpc) is 2.96. The molecule has 2 heterocycles. The first-order chi connectivity index (χ1) is 10.0. The van der Waals surface area contributed by atoms with Crippen LogP contribution in [0.15, 0.2) is 6.07 Å². The smallest absolute Gasteiger partial charge is 0.151 e. The van der Waals surface area contributed by atoms with Gasteiger partial charge in [-0.25, -0.2) is 4.98 Å². The third kappa shape index (κ3) is 4.31. The van der Waals surface area contributed by atoms with Gasteiger partial charge in [0.15, 0.2) is 5.15 Å². The number of rotatable bonds is 7.